The first-order valence-corrected chi connectivity index (χ1v) is 7.50. The van der Waals surface area contributed by atoms with Crippen LogP contribution in [0.5, 0.6) is 0 Å². The zero-order chi connectivity index (χ0) is 15.1. The van der Waals surface area contributed by atoms with Crippen LogP contribution in [0.1, 0.15) is 18.4 Å². The minimum Gasteiger partial charge on any atom is -0.448 e. The third kappa shape index (κ3) is 2.01. The fourth-order valence-electron chi connectivity index (χ4n) is 3.33. The third-order valence-corrected chi connectivity index (χ3v) is 4.36. The number of imide groups is 1. The van der Waals surface area contributed by atoms with Crippen molar-refractivity contribution in [1.82, 2.24) is 5.32 Å². The highest BCUT2D eigenvalue weighted by Gasteiger charge is 2.39. The number of anilines is 1. The third-order valence-electron chi connectivity index (χ3n) is 4.36. The van der Waals surface area contributed by atoms with E-state index in [4.69, 9.17) is 4.42 Å². The molecule has 3 heterocycles. The Kier molecular flexibility index (Phi) is 2.99. The summed E-state index contributed by atoms with van der Waals surface area (Å²) < 4.78 is 5.78. The van der Waals surface area contributed by atoms with Crippen LogP contribution in [0.25, 0.3) is 11.1 Å². The Balaban J connectivity index is 1.73. The van der Waals surface area contributed by atoms with Crippen molar-refractivity contribution in [3.8, 4) is 11.1 Å². The lowest BCUT2D eigenvalue weighted by atomic mass is 9.97. The first kappa shape index (κ1) is 13.1. The molecule has 4 rings (SSSR count). The minimum atomic E-state index is -0.443. The molecule has 0 bridgehead atoms. The highest BCUT2D eigenvalue weighted by atomic mass is 16.3. The predicted octanol–water partition coefficient (Wildman–Crippen LogP) is 2.11. The maximum absolute atomic E-state index is 12.0. The Morgan fingerprint density at radius 1 is 1.18 bits per heavy atom. The number of nitrogens with zero attached hydrogens (tertiary/aromatic N) is 1. The first-order valence-electron chi connectivity index (χ1n) is 7.50. The van der Waals surface area contributed by atoms with Crippen molar-refractivity contribution in [3.05, 3.63) is 42.2 Å². The standard InChI is InChI=1S/C17H16N2O3/c20-15-9-14(16(21)18-15)19-8-4-7-12-13(10-22-17(12)19)11-5-2-1-3-6-11/h1-3,5-6,10,14H,4,7-9H2,(H,18,20,21). The van der Waals surface area contributed by atoms with Crippen LogP contribution in [-0.2, 0) is 16.0 Å². The number of furan rings is 1. The van der Waals surface area contributed by atoms with E-state index in [9.17, 15) is 9.59 Å². The van der Waals surface area contributed by atoms with Crippen molar-refractivity contribution in [2.75, 3.05) is 11.4 Å². The molecule has 5 heteroatoms. The Morgan fingerprint density at radius 3 is 2.73 bits per heavy atom. The second kappa shape index (κ2) is 5.02. The second-order valence-corrected chi connectivity index (χ2v) is 5.73. The molecule has 1 unspecified atom stereocenters. The van der Waals surface area contributed by atoms with Gasteiger partial charge >= 0.3 is 0 Å². The molecule has 1 fully saturated rings. The van der Waals surface area contributed by atoms with Gasteiger partial charge in [-0.3, -0.25) is 14.9 Å². The molecule has 1 aromatic carbocycles. The number of benzene rings is 1. The van der Waals surface area contributed by atoms with Crippen LogP contribution in [0.3, 0.4) is 0 Å². The highest BCUT2D eigenvalue weighted by Crippen LogP contribution is 2.39. The minimum absolute atomic E-state index is 0.208. The number of hydrogen-bond acceptors (Lipinski definition) is 4. The van der Waals surface area contributed by atoms with E-state index in [1.165, 1.54) is 0 Å². The lowest BCUT2D eigenvalue weighted by Gasteiger charge is -2.30. The summed E-state index contributed by atoms with van der Waals surface area (Å²) in [5.41, 5.74) is 3.32. The molecule has 1 atom stereocenters. The quantitative estimate of drug-likeness (QED) is 0.862. The Hall–Kier alpha value is -2.56. The van der Waals surface area contributed by atoms with Crippen molar-refractivity contribution in [3.63, 3.8) is 0 Å². The average Bonchev–Trinajstić information content (AvgIpc) is 3.11. The van der Waals surface area contributed by atoms with E-state index in [-0.39, 0.29) is 18.2 Å². The second-order valence-electron chi connectivity index (χ2n) is 5.73. The van der Waals surface area contributed by atoms with E-state index in [0.717, 1.165) is 42.0 Å². The smallest absolute Gasteiger partial charge is 0.249 e. The Morgan fingerprint density at radius 2 is 2.00 bits per heavy atom. The number of carbonyl (C=O) groups is 2. The van der Waals surface area contributed by atoms with E-state index >= 15 is 0 Å². The van der Waals surface area contributed by atoms with Gasteiger partial charge in [-0.2, -0.15) is 0 Å². The molecule has 112 valence electrons. The molecule has 1 N–H and O–H groups in total. The zero-order valence-corrected chi connectivity index (χ0v) is 12.0. The van der Waals surface area contributed by atoms with E-state index < -0.39 is 6.04 Å². The van der Waals surface area contributed by atoms with Crippen molar-refractivity contribution in [2.24, 2.45) is 0 Å². The molecular formula is C17H16N2O3. The number of nitrogens with one attached hydrogen (secondary N) is 1. The highest BCUT2D eigenvalue weighted by molar-refractivity contribution is 6.07. The van der Waals surface area contributed by atoms with Gasteiger partial charge in [-0.25, -0.2) is 0 Å². The van der Waals surface area contributed by atoms with Crippen LogP contribution in [0.15, 0.2) is 41.0 Å². The van der Waals surface area contributed by atoms with Gasteiger partial charge < -0.3 is 9.32 Å². The van der Waals surface area contributed by atoms with Crippen LogP contribution in [0, 0.1) is 0 Å². The molecule has 2 aromatic rings. The van der Waals surface area contributed by atoms with E-state index in [1.54, 1.807) is 6.26 Å². The lowest BCUT2D eigenvalue weighted by molar-refractivity contribution is -0.125. The molecule has 2 amide bonds. The van der Waals surface area contributed by atoms with Gasteiger partial charge in [0.2, 0.25) is 11.8 Å². The average molecular weight is 296 g/mol. The van der Waals surface area contributed by atoms with Gasteiger partial charge in [0.25, 0.3) is 0 Å². The van der Waals surface area contributed by atoms with Crippen molar-refractivity contribution < 1.29 is 14.0 Å². The monoisotopic (exact) mass is 296 g/mol. The van der Waals surface area contributed by atoms with Gasteiger partial charge in [-0.05, 0) is 18.4 Å². The largest absolute Gasteiger partial charge is 0.448 e. The molecule has 22 heavy (non-hydrogen) atoms. The number of fused-ring (bicyclic) bond motifs is 1. The van der Waals surface area contributed by atoms with E-state index in [2.05, 4.69) is 17.4 Å². The molecule has 0 radical (unpaired) electrons. The maximum Gasteiger partial charge on any atom is 0.249 e. The number of hydrogen-bond donors (Lipinski definition) is 1. The number of rotatable bonds is 2. The van der Waals surface area contributed by atoms with Gasteiger partial charge in [0.05, 0.1) is 6.42 Å². The van der Waals surface area contributed by atoms with Gasteiger partial charge in [-0.15, -0.1) is 0 Å². The SMILES string of the molecule is O=C1CC(N2CCCc3c(-c4ccccc4)coc32)C(=O)N1. The van der Waals surface area contributed by atoms with Gasteiger partial charge in [0.1, 0.15) is 12.3 Å². The number of amides is 2. The molecular weight excluding hydrogens is 280 g/mol. The fourth-order valence-corrected chi connectivity index (χ4v) is 3.33. The van der Waals surface area contributed by atoms with Crippen LogP contribution in [0.4, 0.5) is 5.88 Å². The summed E-state index contributed by atoms with van der Waals surface area (Å²) >= 11 is 0. The van der Waals surface area contributed by atoms with Crippen LogP contribution in [-0.4, -0.2) is 24.4 Å². The normalized spacial score (nSPS) is 20.9. The molecule has 2 aliphatic rings. The van der Waals surface area contributed by atoms with Crippen LogP contribution >= 0.6 is 0 Å². The molecule has 5 nitrogen and oxygen atoms in total. The first-order chi connectivity index (χ1) is 10.7. The molecule has 1 saturated heterocycles. The molecule has 1 aromatic heterocycles. The summed E-state index contributed by atoms with van der Waals surface area (Å²) in [6, 6.07) is 9.64. The summed E-state index contributed by atoms with van der Waals surface area (Å²) in [6.45, 7) is 0.736. The zero-order valence-electron chi connectivity index (χ0n) is 12.0. The molecule has 0 aliphatic carbocycles. The van der Waals surface area contributed by atoms with Crippen molar-refractivity contribution in [2.45, 2.75) is 25.3 Å². The lowest BCUT2D eigenvalue weighted by Crippen LogP contribution is -2.43. The molecule has 2 aliphatic heterocycles. The summed E-state index contributed by atoms with van der Waals surface area (Å²) in [7, 11) is 0. The fraction of sp³-hybridized carbons (Fsp3) is 0.294. The Bertz CT molecular complexity index is 736. The molecule has 0 spiro atoms. The summed E-state index contributed by atoms with van der Waals surface area (Å²) in [4.78, 5) is 25.3. The predicted molar refractivity (Wildman–Crippen MR) is 81.4 cm³/mol. The van der Waals surface area contributed by atoms with Crippen molar-refractivity contribution in [1.29, 1.82) is 0 Å². The topological polar surface area (TPSA) is 62.6 Å². The molecule has 0 saturated carbocycles. The summed E-state index contributed by atoms with van der Waals surface area (Å²) in [6.07, 6.45) is 3.84. The summed E-state index contributed by atoms with van der Waals surface area (Å²) in [5, 5.41) is 2.37. The maximum atomic E-state index is 12.0. The van der Waals surface area contributed by atoms with Gasteiger partial charge in [-0.1, -0.05) is 30.3 Å². The van der Waals surface area contributed by atoms with Crippen LogP contribution in [0.2, 0.25) is 0 Å². The van der Waals surface area contributed by atoms with E-state index in [0.29, 0.717) is 0 Å². The van der Waals surface area contributed by atoms with Crippen LogP contribution < -0.4 is 10.2 Å². The van der Waals surface area contributed by atoms with Gasteiger partial charge in [0, 0.05) is 17.7 Å². The summed E-state index contributed by atoms with van der Waals surface area (Å²) in [5.74, 6) is 0.299. The number of carbonyl (C=O) groups excluding carboxylic acids is 2. The Labute approximate surface area is 127 Å². The van der Waals surface area contributed by atoms with Crippen molar-refractivity contribution >= 4 is 17.7 Å². The van der Waals surface area contributed by atoms with E-state index in [1.807, 2.05) is 23.1 Å². The van der Waals surface area contributed by atoms with Gasteiger partial charge in [0.15, 0.2) is 5.88 Å².